The molecular weight excluding hydrogens is 236 g/mol. The van der Waals surface area contributed by atoms with Crippen LogP contribution in [-0.4, -0.2) is 65.6 Å². The van der Waals surface area contributed by atoms with Gasteiger partial charge in [-0.2, -0.15) is 0 Å². The molecule has 8 heteroatoms. The number of aliphatic carboxylic acids is 1. The number of hydrogen-bond donors (Lipinski definition) is 3. The Morgan fingerprint density at radius 2 is 1.94 bits per heavy atom. The number of carbonyl (C=O) groups excluding carboxylic acids is 1. The zero-order valence-corrected chi connectivity index (χ0v) is 9.32. The molecule has 1 heterocycles. The highest BCUT2D eigenvalue weighted by Crippen LogP contribution is 2.31. The maximum Gasteiger partial charge on any atom is 0.366 e. The van der Waals surface area contributed by atoms with Crippen LogP contribution >= 0.6 is 0 Å². The van der Waals surface area contributed by atoms with Crippen molar-refractivity contribution >= 4 is 11.9 Å². The summed E-state index contributed by atoms with van der Waals surface area (Å²) in [5, 5.41) is 27.8. The van der Waals surface area contributed by atoms with Crippen LogP contribution in [0.25, 0.3) is 0 Å². The summed E-state index contributed by atoms with van der Waals surface area (Å²) in [6.07, 6.45) is -5.29. The van der Waals surface area contributed by atoms with E-state index in [9.17, 15) is 19.8 Å². The van der Waals surface area contributed by atoms with Crippen molar-refractivity contribution in [3.63, 3.8) is 0 Å². The van der Waals surface area contributed by atoms with E-state index in [0.717, 1.165) is 14.2 Å². The Hall–Kier alpha value is -1.22. The van der Waals surface area contributed by atoms with Crippen LogP contribution in [0.4, 0.5) is 0 Å². The molecule has 0 amide bonds. The molecule has 1 aliphatic rings. The van der Waals surface area contributed by atoms with E-state index < -0.39 is 42.5 Å². The third kappa shape index (κ3) is 2.39. The summed E-state index contributed by atoms with van der Waals surface area (Å²) < 4.78 is 14.1. The highest BCUT2D eigenvalue weighted by molar-refractivity contribution is 5.80. The quantitative estimate of drug-likeness (QED) is 0.496. The smallest absolute Gasteiger partial charge is 0.366 e. The fourth-order valence-electron chi connectivity index (χ4n) is 1.62. The Kier molecular flexibility index (Phi) is 4.04. The SMILES string of the molecule is COC(=O)[C@@]1(OC)C[C@@H](O)[C@@H](O)[C@@H](C(=O)O)O1. The van der Waals surface area contributed by atoms with E-state index in [1.807, 2.05) is 0 Å². The minimum absolute atomic E-state index is 0.416. The van der Waals surface area contributed by atoms with Crippen molar-refractivity contribution in [1.82, 2.24) is 0 Å². The lowest BCUT2D eigenvalue weighted by atomic mass is 9.95. The summed E-state index contributed by atoms with van der Waals surface area (Å²) in [5.74, 6) is -4.50. The minimum atomic E-state index is -2.02. The largest absolute Gasteiger partial charge is 0.479 e. The predicted octanol–water partition coefficient (Wildman–Crippen LogP) is -1.90. The Labute approximate surface area is 96.7 Å². The number of methoxy groups -OCH3 is 2. The van der Waals surface area contributed by atoms with Crippen molar-refractivity contribution in [3.8, 4) is 0 Å². The molecule has 0 unspecified atom stereocenters. The highest BCUT2D eigenvalue weighted by atomic mass is 16.7. The average molecular weight is 250 g/mol. The van der Waals surface area contributed by atoms with E-state index in [2.05, 4.69) is 4.74 Å². The second kappa shape index (κ2) is 4.96. The van der Waals surface area contributed by atoms with Gasteiger partial charge in [0, 0.05) is 13.5 Å². The molecule has 0 bridgehead atoms. The number of aliphatic hydroxyl groups excluding tert-OH is 2. The first kappa shape index (κ1) is 13.8. The normalized spacial score (nSPS) is 37.5. The molecule has 98 valence electrons. The maximum absolute atomic E-state index is 11.5. The van der Waals surface area contributed by atoms with Gasteiger partial charge in [-0.3, -0.25) is 0 Å². The second-order valence-electron chi connectivity index (χ2n) is 3.59. The molecule has 0 aliphatic carbocycles. The van der Waals surface area contributed by atoms with Crippen molar-refractivity contribution in [2.24, 2.45) is 0 Å². The molecule has 0 aromatic rings. The molecule has 17 heavy (non-hydrogen) atoms. The lowest BCUT2D eigenvalue weighted by Gasteiger charge is -2.40. The Morgan fingerprint density at radius 3 is 2.35 bits per heavy atom. The van der Waals surface area contributed by atoms with Gasteiger partial charge in [0.15, 0.2) is 6.10 Å². The van der Waals surface area contributed by atoms with Gasteiger partial charge >= 0.3 is 11.9 Å². The van der Waals surface area contributed by atoms with E-state index >= 15 is 0 Å². The minimum Gasteiger partial charge on any atom is -0.479 e. The Bertz CT molecular complexity index is 316. The van der Waals surface area contributed by atoms with Gasteiger partial charge < -0.3 is 29.5 Å². The molecule has 3 N–H and O–H groups in total. The standard InChI is InChI=1S/C9H14O8/c1-15-8(14)9(16-2)3-4(10)5(11)6(17-9)7(12)13/h4-6,10-11H,3H2,1-2H3,(H,12,13)/t4-,5-,6+,9-/m1/s1. The average Bonchev–Trinajstić information content (AvgIpc) is 2.31. The molecule has 0 aromatic heterocycles. The molecule has 0 aromatic carbocycles. The summed E-state index contributed by atoms with van der Waals surface area (Å²) in [6.45, 7) is 0. The first-order chi connectivity index (χ1) is 7.88. The maximum atomic E-state index is 11.5. The third-order valence-corrected chi connectivity index (χ3v) is 2.57. The molecule has 0 saturated carbocycles. The number of esters is 1. The summed E-state index contributed by atoms with van der Waals surface area (Å²) in [5.41, 5.74) is 0. The number of carbonyl (C=O) groups is 2. The number of aliphatic hydroxyl groups is 2. The number of ether oxygens (including phenoxy) is 3. The van der Waals surface area contributed by atoms with Crippen LogP contribution in [0.1, 0.15) is 6.42 Å². The van der Waals surface area contributed by atoms with E-state index in [4.69, 9.17) is 14.6 Å². The van der Waals surface area contributed by atoms with Gasteiger partial charge in [0.25, 0.3) is 5.79 Å². The highest BCUT2D eigenvalue weighted by Gasteiger charge is 2.54. The van der Waals surface area contributed by atoms with Gasteiger partial charge in [0.1, 0.15) is 6.10 Å². The summed E-state index contributed by atoms with van der Waals surface area (Å²) >= 11 is 0. The van der Waals surface area contributed by atoms with Crippen molar-refractivity contribution < 1.29 is 39.1 Å². The van der Waals surface area contributed by atoms with Gasteiger partial charge in [-0.25, -0.2) is 9.59 Å². The van der Waals surface area contributed by atoms with Gasteiger partial charge in [0.05, 0.1) is 13.2 Å². The number of carboxylic acids is 1. The Balaban J connectivity index is 3.02. The molecular formula is C9H14O8. The molecule has 1 aliphatic heterocycles. The Morgan fingerprint density at radius 1 is 1.35 bits per heavy atom. The molecule has 1 saturated heterocycles. The lowest BCUT2D eigenvalue weighted by molar-refractivity contribution is -0.301. The zero-order chi connectivity index (χ0) is 13.2. The van der Waals surface area contributed by atoms with Crippen molar-refractivity contribution in [2.45, 2.75) is 30.5 Å². The fraction of sp³-hybridized carbons (Fsp3) is 0.778. The van der Waals surface area contributed by atoms with Gasteiger partial charge in [-0.15, -0.1) is 0 Å². The fourth-order valence-corrected chi connectivity index (χ4v) is 1.62. The molecule has 4 atom stereocenters. The zero-order valence-electron chi connectivity index (χ0n) is 9.32. The monoisotopic (exact) mass is 250 g/mol. The summed E-state index contributed by atoms with van der Waals surface area (Å²) in [4.78, 5) is 22.3. The van der Waals surface area contributed by atoms with E-state index in [0.29, 0.717) is 0 Å². The third-order valence-electron chi connectivity index (χ3n) is 2.57. The van der Waals surface area contributed by atoms with Gasteiger partial charge in [-0.1, -0.05) is 0 Å². The van der Waals surface area contributed by atoms with E-state index in [1.165, 1.54) is 0 Å². The molecule has 0 radical (unpaired) electrons. The van der Waals surface area contributed by atoms with Crippen LogP contribution < -0.4 is 0 Å². The van der Waals surface area contributed by atoms with Crippen LogP contribution in [-0.2, 0) is 23.8 Å². The van der Waals surface area contributed by atoms with E-state index in [-0.39, 0.29) is 0 Å². The molecule has 0 spiro atoms. The lowest BCUT2D eigenvalue weighted by Crippen LogP contribution is -2.61. The van der Waals surface area contributed by atoms with Crippen molar-refractivity contribution in [1.29, 1.82) is 0 Å². The van der Waals surface area contributed by atoms with Crippen molar-refractivity contribution in [3.05, 3.63) is 0 Å². The van der Waals surface area contributed by atoms with Gasteiger partial charge in [0.2, 0.25) is 0 Å². The molecule has 1 rings (SSSR count). The first-order valence-electron chi connectivity index (χ1n) is 4.78. The van der Waals surface area contributed by atoms with Crippen LogP contribution in [0.2, 0.25) is 0 Å². The molecule has 1 fully saturated rings. The van der Waals surface area contributed by atoms with Crippen LogP contribution in [0.5, 0.6) is 0 Å². The predicted molar refractivity (Wildman–Crippen MR) is 50.9 cm³/mol. The first-order valence-corrected chi connectivity index (χ1v) is 4.78. The topological polar surface area (TPSA) is 123 Å². The van der Waals surface area contributed by atoms with Crippen LogP contribution in [0.3, 0.4) is 0 Å². The van der Waals surface area contributed by atoms with Crippen LogP contribution in [0.15, 0.2) is 0 Å². The number of rotatable bonds is 3. The second-order valence-corrected chi connectivity index (χ2v) is 3.59. The number of carboxylic acid groups (broad SMARTS) is 1. The molecule has 8 nitrogen and oxygen atoms in total. The van der Waals surface area contributed by atoms with Gasteiger partial charge in [-0.05, 0) is 0 Å². The van der Waals surface area contributed by atoms with E-state index in [1.54, 1.807) is 0 Å². The van der Waals surface area contributed by atoms with Crippen LogP contribution in [0, 0.1) is 0 Å². The summed E-state index contributed by atoms with van der Waals surface area (Å²) in [6, 6.07) is 0. The summed E-state index contributed by atoms with van der Waals surface area (Å²) in [7, 11) is 2.18. The number of hydrogen-bond acceptors (Lipinski definition) is 7. The van der Waals surface area contributed by atoms with Crippen molar-refractivity contribution in [2.75, 3.05) is 14.2 Å².